The van der Waals surface area contributed by atoms with Crippen molar-refractivity contribution in [3.63, 3.8) is 0 Å². The maximum absolute atomic E-state index is 5.32. The van der Waals surface area contributed by atoms with Gasteiger partial charge in [-0.3, -0.25) is 0 Å². The molecule has 0 N–H and O–H groups in total. The van der Waals surface area contributed by atoms with E-state index in [2.05, 4.69) is 328 Å². The van der Waals surface area contributed by atoms with Crippen molar-refractivity contribution in [3.8, 4) is 124 Å². The summed E-state index contributed by atoms with van der Waals surface area (Å²) in [6.45, 7) is 0. The Balaban J connectivity index is 0.590. The molecule has 0 radical (unpaired) electrons. The molecule has 22 rings (SSSR count). The van der Waals surface area contributed by atoms with Crippen molar-refractivity contribution in [2.75, 3.05) is 0 Å². The van der Waals surface area contributed by atoms with Crippen molar-refractivity contribution in [1.82, 2.24) is 48.2 Å². The monoisotopic (exact) mass is 1430 g/mol. The Morgan fingerprint density at radius 3 is 0.938 bits per heavy atom. The maximum atomic E-state index is 5.32. The second-order valence-corrected chi connectivity index (χ2v) is 28.5. The van der Waals surface area contributed by atoms with Gasteiger partial charge in [0, 0.05) is 99.2 Å². The standard InChI is InChI=1S/C102H64N10/c1-5-25-65(26-6-1)97-103-98(66-27-7-2-8-28-66)105-100(104-97)68-49-55-76(56-50-68)109-89-45-19-15-39-84(89)95-79(41-23-47-92(95)109)72-54-60-91-86(63-72)82-38-14-18-44-88(82)112(91)78-36-22-32-71(62-78)70-31-21-33-74(61-70)102-107-99(67-29-9-3-10-30-67)106-101(108-102)69-51-57-77(58-52-69)110-90-46-20-16-40-85(90)96-80(42-24-48-93(96)110)73-53-59-83-81-37-13-17-43-87(81)111(94(83)64-73)75-34-11-4-12-35-75/h1-64H. The van der Waals surface area contributed by atoms with Gasteiger partial charge >= 0.3 is 0 Å². The molecule has 10 nitrogen and oxygen atoms in total. The topological polar surface area (TPSA) is 97.1 Å². The van der Waals surface area contributed by atoms with Crippen LogP contribution in [-0.4, -0.2) is 48.2 Å². The molecule has 0 fully saturated rings. The summed E-state index contributed by atoms with van der Waals surface area (Å²) < 4.78 is 9.56. The molecule has 0 aliphatic carbocycles. The summed E-state index contributed by atoms with van der Waals surface area (Å²) in [4.78, 5) is 30.8. The summed E-state index contributed by atoms with van der Waals surface area (Å²) in [5.41, 5.74) is 25.6. The summed E-state index contributed by atoms with van der Waals surface area (Å²) in [6.07, 6.45) is 0. The van der Waals surface area contributed by atoms with Crippen LogP contribution in [0.15, 0.2) is 388 Å². The Kier molecular flexibility index (Phi) is 15.0. The molecular formula is C102H64N10. The highest BCUT2D eigenvalue weighted by atomic mass is 15.1. The van der Waals surface area contributed by atoms with Crippen LogP contribution in [0.5, 0.6) is 0 Å². The minimum Gasteiger partial charge on any atom is -0.309 e. The number of hydrogen-bond acceptors (Lipinski definition) is 6. The van der Waals surface area contributed by atoms with Crippen molar-refractivity contribution < 1.29 is 0 Å². The molecule has 16 aromatic carbocycles. The predicted octanol–water partition coefficient (Wildman–Crippen LogP) is 25.4. The third-order valence-corrected chi connectivity index (χ3v) is 22.1. The van der Waals surface area contributed by atoms with Crippen molar-refractivity contribution >= 4 is 87.2 Å². The zero-order chi connectivity index (χ0) is 73.7. The van der Waals surface area contributed by atoms with Crippen molar-refractivity contribution in [2.24, 2.45) is 0 Å². The van der Waals surface area contributed by atoms with E-state index in [0.29, 0.717) is 34.9 Å². The zero-order valence-electron chi connectivity index (χ0n) is 60.4. The van der Waals surface area contributed by atoms with Crippen LogP contribution in [0.1, 0.15) is 0 Å². The van der Waals surface area contributed by atoms with Crippen LogP contribution in [0.3, 0.4) is 0 Å². The molecular weight excluding hydrogens is 1370 g/mol. The van der Waals surface area contributed by atoms with E-state index in [4.69, 9.17) is 29.9 Å². The lowest BCUT2D eigenvalue weighted by molar-refractivity contribution is 1.07. The third-order valence-electron chi connectivity index (χ3n) is 22.1. The molecule has 6 aromatic heterocycles. The Morgan fingerprint density at radius 2 is 0.438 bits per heavy atom. The lowest BCUT2D eigenvalue weighted by atomic mass is 9.98. The lowest BCUT2D eigenvalue weighted by Crippen LogP contribution is -2.01. The van der Waals surface area contributed by atoms with Gasteiger partial charge in [0.25, 0.3) is 0 Å². The highest BCUT2D eigenvalue weighted by Gasteiger charge is 2.24. The number of para-hydroxylation sites is 5. The molecule has 0 saturated carbocycles. The normalized spacial score (nSPS) is 11.8. The fourth-order valence-electron chi connectivity index (χ4n) is 17.0. The molecule has 0 unspecified atom stereocenters. The van der Waals surface area contributed by atoms with Crippen molar-refractivity contribution in [1.29, 1.82) is 0 Å². The van der Waals surface area contributed by atoms with Gasteiger partial charge < -0.3 is 18.3 Å². The molecule has 0 aliphatic heterocycles. The fourth-order valence-corrected chi connectivity index (χ4v) is 17.0. The lowest BCUT2D eigenvalue weighted by Gasteiger charge is -2.13. The third kappa shape index (κ3) is 10.7. The summed E-state index contributed by atoms with van der Waals surface area (Å²) in [5.74, 6) is 3.65. The first kappa shape index (κ1) is 64.0. The number of benzene rings is 16. The minimum absolute atomic E-state index is 0.587. The molecule has 0 atom stereocenters. The van der Waals surface area contributed by atoms with Crippen LogP contribution in [0.25, 0.3) is 212 Å². The van der Waals surface area contributed by atoms with Gasteiger partial charge in [-0.15, -0.1) is 0 Å². The molecule has 6 heterocycles. The maximum Gasteiger partial charge on any atom is 0.164 e. The van der Waals surface area contributed by atoms with Crippen LogP contribution >= 0.6 is 0 Å². The summed E-state index contributed by atoms with van der Waals surface area (Å²) in [7, 11) is 0. The molecule has 112 heavy (non-hydrogen) atoms. The van der Waals surface area contributed by atoms with E-state index < -0.39 is 0 Å². The van der Waals surface area contributed by atoms with Gasteiger partial charge in [-0.2, -0.15) is 0 Å². The molecule has 0 spiro atoms. The number of aromatic nitrogens is 10. The van der Waals surface area contributed by atoms with E-state index in [1.54, 1.807) is 0 Å². The van der Waals surface area contributed by atoms with Gasteiger partial charge in [-0.05, 0) is 167 Å². The van der Waals surface area contributed by atoms with Crippen molar-refractivity contribution in [3.05, 3.63) is 388 Å². The van der Waals surface area contributed by atoms with E-state index in [9.17, 15) is 0 Å². The van der Waals surface area contributed by atoms with E-state index in [1.165, 1.54) is 59.7 Å². The number of rotatable bonds is 13. The molecule has 22 aromatic rings. The summed E-state index contributed by atoms with van der Waals surface area (Å²) in [5, 5.41) is 9.58. The highest BCUT2D eigenvalue weighted by Crippen LogP contribution is 2.45. The number of hydrogen-bond donors (Lipinski definition) is 0. The average Bonchev–Trinajstić information content (AvgIpc) is 1.53. The van der Waals surface area contributed by atoms with Gasteiger partial charge in [-0.1, -0.05) is 255 Å². The van der Waals surface area contributed by atoms with Gasteiger partial charge in [0.05, 0.1) is 44.1 Å². The van der Waals surface area contributed by atoms with E-state index in [-0.39, 0.29) is 0 Å². The SMILES string of the molecule is c1ccc(-c2nc(-c3ccccc3)nc(-c3ccc(-n4c5ccccc5c5c(-c6ccc7c(c6)c6ccccc6n7-c6cccc(-c7cccc(-c8nc(-c9ccccc9)nc(-c9ccc(-n%10c%11ccccc%11c%11c(-c%12ccc%13c%14ccccc%14n(-c%14ccccc%14)c%13c%12)cccc%11%10)cc9)n8)c7)c6)cccc54)cc3)n2)cc1. The highest BCUT2D eigenvalue weighted by molar-refractivity contribution is 6.19. The van der Waals surface area contributed by atoms with Crippen molar-refractivity contribution in [2.45, 2.75) is 0 Å². The minimum atomic E-state index is 0.587. The Bertz CT molecular complexity index is 7410. The Morgan fingerprint density at radius 1 is 0.143 bits per heavy atom. The van der Waals surface area contributed by atoms with Crippen LogP contribution in [-0.2, 0) is 0 Å². The second-order valence-electron chi connectivity index (χ2n) is 28.5. The largest absolute Gasteiger partial charge is 0.309 e. The average molecular weight is 1430 g/mol. The number of fused-ring (bicyclic) bond motifs is 12. The Labute approximate surface area is 644 Å². The number of nitrogens with zero attached hydrogens (tertiary/aromatic N) is 10. The Hall–Kier alpha value is -15.3. The molecule has 522 valence electrons. The van der Waals surface area contributed by atoms with Gasteiger partial charge in [0.2, 0.25) is 0 Å². The van der Waals surface area contributed by atoms with Crippen LogP contribution in [0.2, 0.25) is 0 Å². The van der Waals surface area contributed by atoms with Crippen LogP contribution < -0.4 is 0 Å². The fraction of sp³-hybridized carbons (Fsp3) is 0. The van der Waals surface area contributed by atoms with E-state index >= 15 is 0 Å². The van der Waals surface area contributed by atoms with Gasteiger partial charge in [0.1, 0.15) is 0 Å². The summed E-state index contributed by atoms with van der Waals surface area (Å²) >= 11 is 0. The van der Waals surface area contributed by atoms with Crippen LogP contribution in [0, 0.1) is 0 Å². The first-order chi connectivity index (χ1) is 55.5. The van der Waals surface area contributed by atoms with Gasteiger partial charge in [-0.25, -0.2) is 29.9 Å². The smallest absolute Gasteiger partial charge is 0.164 e. The quantitative estimate of drug-likeness (QED) is 0.114. The van der Waals surface area contributed by atoms with Crippen LogP contribution in [0.4, 0.5) is 0 Å². The summed E-state index contributed by atoms with van der Waals surface area (Å²) in [6, 6.07) is 138. The van der Waals surface area contributed by atoms with E-state index in [0.717, 1.165) is 117 Å². The van der Waals surface area contributed by atoms with E-state index in [1.807, 2.05) is 78.9 Å². The first-order valence-electron chi connectivity index (χ1n) is 37.8. The second kappa shape index (κ2) is 26.3. The molecule has 0 bridgehead atoms. The molecule has 10 heteroatoms. The molecule has 0 aliphatic rings. The van der Waals surface area contributed by atoms with Gasteiger partial charge in [0.15, 0.2) is 34.9 Å². The molecule has 0 saturated heterocycles. The zero-order valence-corrected chi connectivity index (χ0v) is 60.4. The molecule has 0 amide bonds. The predicted molar refractivity (Wildman–Crippen MR) is 459 cm³/mol. The first-order valence-corrected chi connectivity index (χ1v) is 37.8.